The smallest absolute Gasteiger partial charge is 0.0344 e. The lowest BCUT2D eigenvalue weighted by atomic mass is 9.84. The van der Waals surface area contributed by atoms with Gasteiger partial charge in [-0.3, -0.25) is 0 Å². The molecule has 0 radical (unpaired) electrons. The number of allylic oxidation sites excluding steroid dienone is 4. The van der Waals surface area contributed by atoms with E-state index in [2.05, 4.69) is 44.3 Å². The molecule has 0 aromatic carbocycles. The minimum Gasteiger partial charge on any atom is -0.0808 e. The molecule has 0 spiro atoms. The lowest BCUT2D eigenvalue weighted by Crippen LogP contribution is -2.19. The summed E-state index contributed by atoms with van der Waals surface area (Å²) in [6.45, 7) is 7.39. The van der Waals surface area contributed by atoms with Crippen LogP contribution in [0.15, 0.2) is 24.3 Å². The molecule has 2 aliphatic rings. The summed E-state index contributed by atoms with van der Waals surface area (Å²) < 4.78 is 0. The van der Waals surface area contributed by atoms with Gasteiger partial charge >= 0.3 is 0 Å². The van der Waals surface area contributed by atoms with Crippen molar-refractivity contribution in [2.24, 2.45) is 17.8 Å². The highest BCUT2D eigenvalue weighted by atomic mass is 28.3. The summed E-state index contributed by atoms with van der Waals surface area (Å²) in [6.07, 6.45) is 15.4. The molecule has 0 bridgehead atoms. The molecule has 0 saturated heterocycles. The molecule has 4 unspecified atom stereocenters. The zero-order chi connectivity index (χ0) is 11.5. The summed E-state index contributed by atoms with van der Waals surface area (Å²) in [5.41, 5.74) is 1.06. The van der Waals surface area contributed by atoms with Crippen molar-refractivity contribution >= 4 is 8.80 Å². The van der Waals surface area contributed by atoms with Crippen molar-refractivity contribution in [2.75, 3.05) is 0 Å². The first-order valence-electron chi connectivity index (χ1n) is 7.09. The molecule has 1 heteroatoms. The van der Waals surface area contributed by atoms with E-state index in [0.29, 0.717) is 0 Å². The molecule has 0 aliphatic heterocycles. The van der Waals surface area contributed by atoms with Gasteiger partial charge in [-0.1, -0.05) is 57.2 Å². The maximum Gasteiger partial charge on any atom is 0.0344 e. The number of hydrogen-bond acceptors (Lipinski definition) is 0. The third-order valence-corrected chi connectivity index (χ3v) is 7.05. The Bertz CT molecular complexity index is 277. The summed E-state index contributed by atoms with van der Waals surface area (Å²) in [4.78, 5) is 0. The monoisotopic (exact) mass is 234 g/mol. The fourth-order valence-electron chi connectivity index (χ4n) is 3.70. The van der Waals surface area contributed by atoms with E-state index in [1.807, 2.05) is 0 Å². The minimum atomic E-state index is -0.475. The summed E-state index contributed by atoms with van der Waals surface area (Å²) in [6, 6.07) is 0. The predicted octanol–water partition coefficient (Wildman–Crippen LogP) is 4.41. The second-order valence-electron chi connectivity index (χ2n) is 5.97. The minimum absolute atomic E-state index is 0.475. The van der Waals surface area contributed by atoms with Crippen LogP contribution in [0.1, 0.15) is 32.6 Å². The van der Waals surface area contributed by atoms with Crippen LogP contribution in [0.4, 0.5) is 0 Å². The molecule has 0 nitrogen and oxygen atoms in total. The number of rotatable bonds is 4. The van der Waals surface area contributed by atoms with Gasteiger partial charge in [0.1, 0.15) is 0 Å². The van der Waals surface area contributed by atoms with Gasteiger partial charge in [-0.25, -0.2) is 0 Å². The van der Waals surface area contributed by atoms with Crippen LogP contribution in [-0.4, -0.2) is 8.80 Å². The highest BCUT2D eigenvalue weighted by molar-refractivity contribution is 6.57. The lowest BCUT2D eigenvalue weighted by molar-refractivity contribution is 0.383. The van der Waals surface area contributed by atoms with Crippen LogP contribution in [-0.2, 0) is 0 Å². The largest absolute Gasteiger partial charge is 0.0808 e. The Balaban J connectivity index is 2.07. The zero-order valence-corrected chi connectivity index (χ0v) is 12.2. The second kappa shape index (κ2) is 5.35. The molecule has 2 aliphatic carbocycles. The Kier molecular flexibility index (Phi) is 4.07. The molecule has 0 N–H and O–H groups in total. The van der Waals surface area contributed by atoms with E-state index in [0.717, 1.165) is 23.3 Å². The second-order valence-corrected chi connectivity index (χ2v) is 9.31. The molecular weight excluding hydrogens is 208 g/mol. The van der Waals surface area contributed by atoms with Gasteiger partial charge in [-0.2, -0.15) is 0 Å². The Morgan fingerprint density at radius 1 is 1.12 bits per heavy atom. The SMILES string of the molecule is CCCCC1CC([SiH](C)C)C2C=CC=CC12. The molecule has 4 atom stereocenters. The Morgan fingerprint density at radius 2 is 1.81 bits per heavy atom. The number of unbranched alkanes of at least 4 members (excludes halogenated alkanes) is 1. The van der Waals surface area contributed by atoms with Crippen LogP contribution >= 0.6 is 0 Å². The standard InChI is InChI=1S/C15H26Si/c1-4-5-8-12-11-15(16(2)3)14-10-7-6-9-13(12)14/h6-7,9-10,12-16H,4-5,8,11H2,1-3H3. The van der Waals surface area contributed by atoms with Crippen LogP contribution in [0.2, 0.25) is 18.6 Å². The van der Waals surface area contributed by atoms with Crippen molar-refractivity contribution in [3.8, 4) is 0 Å². The normalized spacial score (nSPS) is 37.0. The van der Waals surface area contributed by atoms with Crippen molar-refractivity contribution < 1.29 is 0 Å². The highest BCUT2D eigenvalue weighted by Gasteiger charge is 2.41. The van der Waals surface area contributed by atoms with Crippen LogP contribution in [0.25, 0.3) is 0 Å². The van der Waals surface area contributed by atoms with E-state index in [4.69, 9.17) is 0 Å². The molecule has 90 valence electrons. The van der Waals surface area contributed by atoms with E-state index in [-0.39, 0.29) is 0 Å². The fourth-order valence-corrected chi connectivity index (χ4v) is 5.87. The van der Waals surface area contributed by atoms with Gasteiger partial charge in [0.15, 0.2) is 0 Å². The van der Waals surface area contributed by atoms with Gasteiger partial charge in [-0.05, 0) is 36.1 Å². The van der Waals surface area contributed by atoms with E-state index in [1.54, 1.807) is 0 Å². The van der Waals surface area contributed by atoms with Crippen molar-refractivity contribution in [1.82, 2.24) is 0 Å². The topological polar surface area (TPSA) is 0 Å². The van der Waals surface area contributed by atoms with Gasteiger partial charge in [0, 0.05) is 8.80 Å². The van der Waals surface area contributed by atoms with Crippen LogP contribution in [0.3, 0.4) is 0 Å². The van der Waals surface area contributed by atoms with Crippen molar-refractivity contribution in [3.63, 3.8) is 0 Å². The third-order valence-electron chi connectivity index (χ3n) is 4.62. The van der Waals surface area contributed by atoms with Gasteiger partial charge in [0.05, 0.1) is 0 Å². The van der Waals surface area contributed by atoms with Gasteiger partial charge in [-0.15, -0.1) is 0 Å². The average molecular weight is 234 g/mol. The van der Waals surface area contributed by atoms with E-state index >= 15 is 0 Å². The number of fused-ring (bicyclic) bond motifs is 1. The van der Waals surface area contributed by atoms with Crippen molar-refractivity contribution in [1.29, 1.82) is 0 Å². The quantitative estimate of drug-likeness (QED) is 0.632. The summed E-state index contributed by atoms with van der Waals surface area (Å²) in [5, 5.41) is 0. The molecule has 0 aromatic heterocycles. The van der Waals surface area contributed by atoms with Gasteiger partial charge in [0.2, 0.25) is 0 Å². The lowest BCUT2D eigenvalue weighted by Gasteiger charge is -2.25. The van der Waals surface area contributed by atoms with Crippen molar-refractivity contribution in [3.05, 3.63) is 24.3 Å². The zero-order valence-electron chi connectivity index (χ0n) is 11.0. The summed E-state index contributed by atoms with van der Waals surface area (Å²) in [5.74, 6) is 2.78. The molecule has 0 aromatic rings. The first-order valence-corrected chi connectivity index (χ1v) is 10.1. The van der Waals surface area contributed by atoms with Gasteiger partial charge in [0.25, 0.3) is 0 Å². The Hall–Kier alpha value is -0.303. The average Bonchev–Trinajstić information content (AvgIpc) is 2.65. The number of hydrogen-bond donors (Lipinski definition) is 0. The molecule has 1 saturated carbocycles. The maximum absolute atomic E-state index is 2.54. The van der Waals surface area contributed by atoms with E-state index < -0.39 is 8.80 Å². The van der Waals surface area contributed by atoms with E-state index in [9.17, 15) is 0 Å². The highest BCUT2D eigenvalue weighted by Crippen LogP contribution is 2.51. The maximum atomic E-state index is 2.54. The predicted molar refractivity (Wildman–Crippen MR) is 75.5 cm³/mol. The van der Waals surface area contributed by atoms with Crippen LogP contribution < -0.4 is 0 Å². The third kappa shape index (κ3) is 2.34. The van der Waals surface area contributed by atoms with E-state index in [1.165, 1.54) is 25.7 Å². The first-order chi connectivity index (χ1) is 7.74. The molecule has 0 amide bonds. The summed E-state index contributed by atoms with van der Waals surface area (Å²) >= 11 is 0. The molecule has 16 heavy (non-hydrogen) atoms. The molecular formula is C15H26Si. The molecule has 2 rings (SSSR count). The van der Waals surface area contributed by atoms with Crippen LogP contribution in [0, 0.1) is 17.8 Å². The Morgan fingerprint density at radius 3 is 2.44 bits per heavy atom. The fraction of sp³-hybridized carbons (Fsp3) is 0.733. The van der Waals surface area contributed by atoms with Crippen LogP contribution in [0.5, 0.6) is 0 Å². The van der Waals surface area contributed by atoms with Gasteiger partial charge < -0.3 is 0 Å². The molecule has 1 fully saturated rings. The summed E-state index contributed by atoms with van der Waals surface area (Å²) in [7, 11) is -0.475. The first kappa shape index (κ1) is 12.2. The molecule has 0 heterocycles. The van der Waals surface area contributed by atoms with Crippen molar-refractivity contribution in [2.45, 2.75) is 51.2 Å². The Labute approximate surface area is 102 Å².